The number of rotatable bonds is 11. The largest absolute Gasteiger partial charge is 0.313 e. The molecule has 0 heterocycles. The average molecular weight is 296 g/mol. The van der Waals surface area contributed by atoms with Crippen LogP contribution in [0.15, 0.2) is 18.2 Å². The first-order chi connectivity index (χ1) is 9.75. The molecule has 1 aromatic carbocycles. The Hall–Kier alpha value is -0.530. The van der Waals surface area contributed by atoms with Crippen LogP contribution in [0.4, 0.5) is 0 Å². The van der Waals surface area contributed by atoms with Gasteiger partial charge in [-0.2, -0.15) is 0 Å². The molecule has 0 unspecified atom stereocenters. The summed E-state index contributed by atoms with van der Waals surface area (Å²) in [7, 11) is 0. The molecule has 2 heteroatoms. The molecule has 0 atom stereocenters. The topological polar surface area (TPSA) is 12.0 Å². The van der Waals surface area contributed by atoms with E-state index in [0.29, 0.717) is 0 Å². The summed E-state index contributed by atoms with van der Waals surface area (Å²) < 4.78 is 0. The minimum absolute atomic E-state index is 0.872. The van der Waals surface area contributed by atoms with Gasteiger partial charge in [0.15, 0.2) is 0 Å². The van der Waals surface area contributed by atoms with E-state index < -0.39 is 0 Å². The zero-order chi connectivity index (χ0) is 14.6. The summed E-state index contributed by atoms with van der Waals surface area (Å²) in [5.41, 5.74) is 2.52. The maximum Gasteiger partial charge on any atom is 0.0438 e. The zero-order valence-electron chi connectivity index (χ0n) is 13.2. The minimum atomic E-state index is 0.872. The molecule has 0 saturated heterocycles. The smallest absolute Gasteiger partial charge is 0.0438 e. The van der Waals surface area contributed by atoms with Gasteiger partial charge in [-0.25, -0.2) is 0 Å². The van der Waals surface area contributed by atoms with Gasteiger partial charge < -0.3 is 5.32 Å². The maximum absolute atomic E-state index is 6.12. The summed E-state index contributed by atoms with van der Waals surface area (Å²) in [6.45, 7) is 6.41. The second-order valence-electron chi connectivity index (χ2n) is 5.68. The first-order valence-electron chi connectivity index (χ1n) is 8.20. The van der Waals surface area contributed by atoms with E-state index in [9.17, 15) is 0 Å². The van der Waals surface area contributed by atoms with Gasteiger partial charge in [-0.3, -0.25) is 0 Å². The molecule has 0 aliphatic carbocycles. The van der Waals surface area contributed by atoms with Crippen molar-refractivity contribution in [2.24, 2.45) is 0 Å². The summed E-state index contributed by atoms with van der Waals surface area (Å²) >= 11 is 6.12. The van der Waals surface area contributed by atoms with Crippen molar-refractivity contribution >= 4 is 11.6 Å². The van der Waals surface area contributed by atoms with Gasteiger partial charge in [0, 0.05) is 11.6 Å². The Morgan fingerprint density at radius 2 is 1.60 bits per heavy atom. The highest BCUT2D eigenvalue weighted by molar-refractivity contribution is 6.31. The molecule has 0 saturated carbocycles. The monoisotopic (exact) mass is 295 g/mol. The average Bonchev–Trinajstić information content (AvgIpc) is 2.45. The van der Waals surface area contributed by atoms with Crippen LogP contribution in [0.5, 0.6) is 0 Å². The Morgan fingerprint density at radius 1 is 0.950 bits per heavy atom. The fraction of sp³-hybridized carbons (Fsp3) is 0.667. The normalized spacial score (nSPS) is 10.9. The zero-order valence-corrected chi connectivity index (χ0v) is 13.9. The Morgan fingerprint density at radius 3 is 2.30 bits per heavy atom. The number of nitrogens with one attached hydrogen (secondary N) is 1. The van der Waals surface area contributed by atoms with Gasteiger partial charge in [0.25, 0.3) is 0 Å². The molecule has 0 aromatic heterocycles. The van der Waals surface area contributed by atoms with Crippen molar-refractivity contribution in [3.8, 4) is 0 Å². The molecular weight excluding hydrogens is 266 g/mol. The standard InChI is InChI=1S/C18H30ClN/c1-3-4-5-6-7-8-9-10-14-20-15-17-12-11-13-18(19)16(17)2/h11-13,20H,3-10,14-15H2,1-2H3. The lowest BCUT2D eigenvalue weighted by atomic mass is 10.1. The van der Waals surface area contributed by atoms with Crippen molar-refractivity contribution in [3.05, 3.63) is 34.3 Å². The number of hydrogen-bond acceptors (Lipinski definition) is 1. The van der Waals surface area contributed by atoms with Gasteiger partial charge in [-0.05, 0) is 37.1 Å². The van der Waals surface area contributed by atoms with Crippen LogP contribution in [-0.2, 0) is 6.54 Å². The van der Waals surface area contributed by atoms with Gasteiger partial charge >= 0.3 is 0 Å². The third-order valence-electron chi connectivity index (χ3n) is 3.90. The van der Waals surface area contributed by atoms with E-state index in [4.69, 9.17) is 11.6 Å². The fourth-order valence-electron chi connectivity index (χ4n) is 2.45. The molecular formula is C18H30ClN. The Labute approximate surface area is 130 Å². The van der Waals surface area contributed by atoms with E-state index in [1.807, 2.05) is 12.1 Å². The third-order valence-corrected chi connectivity index (χ3v) is 4.31. The van der Waals surface area contributed by atoms with Crippen LogP contribution in [0, 0.1) is 6.92 Å². The van der Waals surface area contributed by atoms with Crippen molar-refractivity contribution in [1.82, 2.24) is 5.32 Å². The maximum atomic E-state index is 6.12. The molecule has 1 rings (SSSR count). The first-order valence-corrected chi connectivity index (χ1v) is 8.58. The van der Waals surface area contributed by atoms with Gasteiger partial charge in [-0.1, -0.05) is 75.6 Å². The van der Waals surface area contributed by atoms with Crippen LogP contribution in [0.3, 0.4) is 0 Å². The second kappa shape index (κ2) is 11.2. The Kier molecular flexibility index (Phi) is 9.78. The molecule has 0 amide bonds. The highest BCUT2D eigenvalue weighted by Crippen LogP contribution is 2.18. The fourth-order valence-corrected chi connectivity index (χ4v) is 2.64. The quantitative estimate of drug-likeness (QED) is 0.503. The van der Waals surface area contributed by atoms with E-state index in [1.54, 1.807) is 0 Å². The molecule has 1 aromatic rings. The summed E-state index contributed by atoms with van der Waals surface area (Å²) in [5.74, 6) is 0. The van der Waals surface area contributed by atoms with Gasteiger partial charge in [0.1, 0.15) is 0 Å². The van der Waals surface area contributed by atoms with E-state index in [0.717, 1.165) is 18.1 Å². The summed E-state index contributed by atoms with van der Waals surface area (Å²) in [6.07, 6.45) is 11.0. The Bertz CT molecular complexity index is 362. The number of halogens is 1. The lowest BCUT2D eigenvalue weighted by Crippen LogP contribution is -2.15. The molecule has 0 bridgehead atoms. The van der Waals surface area contributed by atoms with Crippen molar-refractivity contribution in [3.63, 3.8) is 0 Å². The van der Waals surface area contributed by atoms with Crippen molar-refractivity contribution < 1.29 is 0 Å². The third kappa shape index (κ3) is 7.31. The SMILES string of the molecule is CCCCCCCCCCNCc1cccc(Cl)c1C. The van der Waals surface area contributed by atoms with Gasteiger partial charge in [0.2, 0.25) is 0 Å². The first kappa shape index (κ1) is 17.5. The highest BCUT2D eigenvalue weighted by Gasteiger charge is 2.01. The van der Waals surface area contributed by atoms with Gasteiger partial charge in [-0.15, -0.1) is 0 Å². The van der Waals surface area contributed by atoms with E-state index >= 15 is 0 Å². The predicted octanol–water partition coefficient (Wildman–Crippen LogP) is 5.88. The number of hydrogen-bond donors (Lipinski definition) is 1. The summed E-state index contributed by atoms with van der Waals surface area (Å²) in [6, 6.07) is 6.14. The van der Waals surface area contributed by atoms with Crippen LogP contribution in [0.1, 0.15) is 69.4 Å². The molecule has 1 N–H and O–H groups in total. The predicted molar refractivity (Wildman–Crippen MR) is 90.5 cm³/mol. The number of benzene rings is 1. The van der Waals surface area contributed by atoms with Crippen LogP contribution < -0.4 is 5.32 Å². The van der Waals surface area contributed by atoms with Crippen LogP contribution >= 0.6 is 11.6 Å². The van der Waals surface area contributed by atoms with Crippen molar-refractivity contribution in [2.75, 3.05) is 6.54 Å². The lowest BCUT2D eigenvalue weighted by molar-refractivity contribution is 0.555. The number of unbranched alkanes of at least 4 members (excludes halogenated alkanes) is 7. The summed E-state index contributed by atoms with van der Waals surface area (Å²) in [5, 5.41) is 4.39. The summed E-state index contributed by atoms with van der Waals surface area (Å²) in [4.78, 5) is 0. The van der Waals surface area contributed by atoms with E-state index in [1.165, 1.54) is 62.5 Å². The highest BCUT2D eigenvalue weighted by atomic mass is 35.5. The molecule has 0 fully saturated rings. The lowest BCUT2D eigenvalue weighted by Gasteiger charge is -2.09. The molecule has 0 spiro atoms. The Balaban J connectivity index is 1.98. The molecule has 0 aliphatic heterocycles. The molecule has 0 radical (unpaired) electrons. The molecule has 0 aliphatic rings. The van der Waals surface area contributed by atoms with Crippen LogP contribution in [0.2, 0.25) is 5.02 Å². The van der Waals surface area contributed by atoms with Crippen LogP contribution in [0.25, 0.3) is 0 Å². The molecule has 20 heavy (non-hydrogen) atoms. The van der Waals surface area contributed by atoms with E-state index in [-0.39, 0.29) is 0 Å². The molecule has 1 nitrogen and oxygen atoms in total. The van der Waals surface area contributed by atoms with Crippen molar-refractivity contribution in [1.29, 1.82) is 0 Å². The van der Waals surface area contributed by atoms with E-state index in [2.05, 4.69) is 25.2 Å². The van der Waals surface area contributed by atoms with Crippen molar-refractivity contribution in [2.45, 2.75) is 71.8 Å². The molecule has 114 valence electrons. The minimum Gasteiger partial charge on any atom is -0.313 e. The van der Waals surface area contributed by atoms with Crippen LogP contribution in [-0.4, -0.2) is 6.54 Å². The second-order valence-corrected chi connectivity index (χ2v) is 6.08. The van der Waals surface area contributed by atoms with Gasteiger partial charge in [0.05, 0.1) is 0 Å².